The summed E-state index contributed by atoms with van der Waals surface area (Å²) >= 11 is 0. The third kappa shape index (κ3) is 8.76. The summed E-state index contributed by atoms with van der Waals surface area (Å²) in [6.45, 7) is 11.7. The molecule has 2 aromatic rings. The van der Waals surface area contributed by atoms with Gasteiger partial charge in [0.2, 0.25) is 0 Å². The molecule has 1 aliphatic heterocycles. The molecule has 1 aromatic carbocycles. The molecule has 1 saturated heterocycles. The Balaban J connectivity index is 0.000000644. The average Bonchev–Trinajstić information content (AvgIpc) is 3.68. The molecule has 1 atom stereocenters. The minimum absolute atomic E-state index is 0.00217. The first-order valence-corrected chi connectivity index (χ1v) is 12.9. The van der Waals surface area contributed by atoms with Crippen LogP contribution < -0.4 is 16.2 Å². The Labute approximate surface area is 195 Å². The first kappa shape index (κ1) is 27.9. The van der Waals surface area contributed by atoms with Crippen LogP contribution in [0.15, 0.2) is 34.3 Å². The largest absolute Gasteiger partial charge is 0.506 e. The summed E-state index contributed by atoms with van der Waals surface area (Å²) in [5, 5.41) is 11.4. The maximum Gasteiger partial charge on any atom is 0.192 e. The fraction of sp³-hybridized carbons (Fsp3) is 0.542. The highest BCUT2D eigenvalue weighted by Crippen LogP contribution is 2.36. The lowest BCUT2D eigenvalue weighted by Crippen LogP contribution is -2.43. The smallest absolute Gasteiger partial charge is 0.192 e. The number of rotatable bonds is 4. The van der Waals surface area contributed by atoms with Crippen LogP contribution in [-0.4, -0.2) is 40.7 Å². The van der Waals surface area contributed by atoms with Crippen molar-refractivity contribution in [1.82, 2.24) is 9.71 Å². The van der Waals surface area contributed by atoms with E-state index in [0.29, 0.717) is 16.6 Å². The van der Waals surface area contributed by atoms with Gasteiger partial charge in [-0.05, 0) is 38.0 Å². The van der Waals surface area contributed by atoms with Crippen LogP contribution in [0.25, 0.3) is 10.8 Å². The minimum atomic E-state index is -0.430. The van der Waals surface area contributed by atoms with Gasteiger partial charge < -0.3 is 21.3 Å². The maximum atomic E-state index is 10.0. The van der Waals surface area contributed by atoms with Gasteiger partial charge in [-0.1, -0.05) is 63.5 Å². The van der Waals surface area contributed by atoms with Crippen molar-refractivity contribution in [2.75, 3.05) is 13.2 Å². The van der Waals surface area contributed by atoms with Crippen LogP contribution in [0.2, 0.25) is 0 Å². The number of fused-ring (bicyclic) bond motifs is 1. The standard InChI is InChI=1S/C17H23N5O2S.C3H6.2C2H6/c1-17(5-7-24-8-6-17)22-25(2)11-3-4-12-13(9-11)15(21-16(18)19)20-10-14(12)23;1-2-3-1;2*1-2/h3-4,9-10,22-23H,2,5-8H2,1H3,(H4,18,19,20,21);1-3H2;2*1-2H3. The molecule has 4 rings (SSSR count). The summed E-state index contributed by atoms with van der Waals surface area (Å²) < 4.78 is 9.06. The number of nitrogens with one attached hydrogen (secondary N) is 1. The van der Waals surface area contributed by atoms with E-state index in [1.165, 1.54) is 25.5 Å². The monoisotopic (exact) mass is 463 g/mol. The van der Waals surface area contributed by atoms with Gasteiger partial charge in [-0.2, -0.15) is 4.99 Å². The normalized spacial score (nSPS) is 16.7. The van der Waals surface area contributed by atoms with Crippen molar-refractivity contribution in [2.24, 2.45) is 16.5 Å². The van der Waals surface area contributed by atoms with Crippen LogP contribution in [0, 0.1) is 0 Å². The number of benzene rings is 1. The maximum absolute atomic E-state index is 10.0. The SMILES string of the molecule is C1CC1.C=S(NC1(C)CCOCC1)c1ccc2c(O)cnc(N=C(N)N)c2c1.CC.CC. The number of guanidine groups is 1. The first-order valence-electron chi connectivity index (χ1n) is 11.5. The van der Waals surface area contributed by atoms with E-state index in [1.807, 2.05) is 45.9 Å². The van der Waals surface area contributed by atoms with Crippen molar-refractivity contribution < 1.29 is 9.84 Å². The van der Waals surface area contributed by atoms with E-state index in [1.54, 1.807) is 0 Å². The van der Waals surface area contributed by atoms with Crippen LogP contribution in [0.3, 0.4) is 0 Å². The molecule has 7 nitrogen and oxygen atoms in total. The summed E-state index contributed by atoms with van der Waals surface area (Å²) in [4.78, 5) is 9.18. The van der Waals surface area contributed by atoms with Crippen LogP contribution in [0.1, 0.15) is 66.7 Å². The van der Waals surface area contributed by atoms with Crippen molar-refractivity contribution in [2.45, 2.75) is 77.2 Å². The number of nitrogens with zero attached hydrogens (tertiary/aromatic N) is 2. The third-order valence-corrected chi connectivity index (χ3v) is 6.22. The zero-order valence-electron chi connectivity index (χ0n) is 20.3. The number of pyridine rings is 1. The molecular weight excluding hydrogens is 422 g/mol. The Morgan fingerprint density at radius 3 is 2.25 bits per heavy atom. The molecule has 2 aliphatic rings. The number of hydrogen-bond acceptors (Lipinski definition) is 5. The van der Waals surface area contributed by atoms with Crippen molar-refractivity contribution >= 4 is 39.1 Å². The van der Waals surface area contributed by atoms with E-state index in [0.717, 1.165) is 31.0 Å². The van der Waals surface area contributed by atoms with Gasteiger partial charge in [-0.15, -0.1) is 0 Å². The first-order chi connectivity index (χ1) is 15.4. The molecule has 8 heteroatoms. The fourth-order valence-corrected chi connectivity index (χ4v) is 4.25. The second-order valence-corrected chi connectivity index (χ2v) is 8.89. The Kier molecular flexibility index (Phi) is 12.3. The van der Waals surface area contributed by atoms with Crippen LogP contribution in [0.4, 0.5) is 5.82 Å². The van der Waals surface area contributed by atoms with E-state index in [-0.39, 0.29) is 17.2 Å². The Morgan fingerprint density at radius 2 is 1.72 bits per heavy atom. The minimum Gasteiger partial charge on any atom is -0.506 e. The van der Waals surface area contributed by atoms with Crippen molar-refractivity contribution in [3.63, 3.8) is 0 Å². The Morgan fingerprint density at radius 1 is 1.12 bits per heavy atom. The second kappa shape index (κ2) is 14.1. The third-order valence-electron chi connectivity index (χ3n) is 4.66. The van der Waals surface area contributed by atoms with Gasteiger partial charge in [0, 0.05) is 34.4 Å². The fourth-order valence-electron chi connectivity index (χ4n) is 2.84. The van der Waals surface area contributed by atoms with Gasteiger partial charge in [0.05, 0.1) is 6.20 Å². The molecule has 0 radical (unpaired) electrons. The number of aromatic nitrogens is 1. The number of hydrogen-bond donors (Lipinski definition) is 4. The lowest BCUT2D eigenvalue weighted by Gasteiger charge is -2.35. The lowest BCUT2D eigenvalue weighted by molar-refractivity contribution is 0.0546. The molecular formula is C24H41N5O2S. The molecule has 1 unspecified atom stereocenters. The highest BCUT2D eigenvalue weighted by molar-refractivity contribution is 8.12. The van der Waals surface area contributed by atoms with E-state index in [9.17, 15) is 5.11 Å². The van der Waals surface area contributed by atoms with Crippen LogP contribution in [0.5, 0.6) is 5.75 Å². The van der Waals surface area contributed by atoms with E-state index >= 15 is 0 Å². The van der Waals surface area contributed by atoms with Gasteiger partial charge in [-0.3, -0.25) is 4.72 Å². The Bertz CT molecular complexity index is 887. The van der Waals surface area contributed by atoms with Crippen molar-refractivity contribution in [1.29, 1.82) is 0 Å². The summed E-state index contributed by atoms with van der Waals surface area (Å²) in [6.07, 6.45) is 7.73. The van der Waals surface area contributed by atoms with E-state index in [4.69, 9.17) is 16.2 Å². The molecule has 6 N–H and O–H groups in total. The highest BCUT2D eigenvalue weighted by atomic mass is 32.2. The number of nitrogens with two attached hydrogens (primary N) is 2. The quantitative estimate of drug-likeness (QED) is 0.281. The van der Waals surface area contributed by atoms with Crippen molar-refractivity contribution in [3.8, 4) is 5.75 Å². The summed E-state index contributed by atoms with van der Waals surface area (Å²) in [5.41, 5.74) is 11.0. The number of aromatic hydroxyl groups is 1. The van der Waals surface area contributed by atoms with Gasteiger partial charge in [-0.25, -0.2) is 4.98 Å². The predicted molar refractivity (Wildman–Crippen MR) is 140 cm³/mol. The topological polar surface area (TPSA) is 119 Å². The summed E-state index contributed by atoms with van der Waals surface area (Å²) in [6, 6.07) is 5.72. The molecule has 180 valence electrons. The molecule has 2 heterocycles. The van der Waals surface area contributed by atoms with Gasteiger partial charge in [0.25, 0.3) is 0 Å². The van der Waals surface area contributed by atoms with Gasteiger partial charge >= 0.3 is 0 Å². The lowest BCUT2D eigenvalue weighted by atomic mass is 9.94. The zero-order chi connectivity index (χ0) is 24.1. The molecule has 2 fully saturated rings. The summed E-state index contributed by atoms with van der Waals surface area (Å²) in [5.74, 6) is 4.66. The van der Waals surface area contributed by atoms with Gasteiger partial charge in [0.15, 0.2) is 11.8 Å². The molecule has 1 aliphatic carbocycles. The average molecular weight is 464 g/mol. The molecule has 32 heavy (non-hydrogen) atoms. The van der Waals surface area contributed by atoms with Crippen molar-refractivity contribution in [3.05, 3.63) is 24.4 Å². The molecule has 1 saturated carbocycles. The summed E-state index contributed by atoms with van der Waals surface area (Å²) in [7, 11) is -0.430. The predicted octanol–water partition coefficient (Wildman–Crippen LogP) is 5.20. The Hall–Kier alpha value is -2.16. The molecule has 0 bridgehead atoms. The molecule has 1 aromatic heterocycles. The number of ether oxygens (including phenoxy) is 1. The zero-order valence-corrected chi connectivity index (χ0v) is 21.1. The molecule has 0 spiro atoms. The van der Waals surface area contributed by atoms with Crippen LogP contribution in [-0.2, 0) is 4.74 Å². The number of aliphatic imine (C=N–C) groups is 1. The van der Waals surface area contributed by atoms with Gasteiger partial charge in [0.1, 0.15) is 5.75 Å². The van der Waals surface area contributed by atoms with E-state index < -0.39 is 10.7 Å². The highest BCUT2D eigenvalue weighted by Gasteiger charge is 2.27. The van der Waals surface area contributed by atoms with E-state index in [2.05, 4.69) is 27.5 Å². The second-order valence-electron chi connectivity index (χ2n) is 7.44. The molecule has 0 amide bonds. The van der Waals surface area contributed by atoms with Crippen LogP contribution >= 0.6 is 10.7 Å².